The number of carbonyl (C=O) groups is 1. The van der Waals surface area contributed by atoms with E-state index in [1.807, 2.05) is 38.1 Å². The van der Waals surface area contributed by atoms with E-state index in [-0.39, 0.29) is 11.9 Å². The highest BCUT2D eigenvalue weighted by atomic mass is 16.1. The number of hydrogen-bond donors (Lipinski definition) is 1. The zero-order valence-electron chi connectivity index (χ0n) is 11.2. The Bertz CT molecular complexity index is 519. The second-order valence-electron chi connectivity index (χ2n) is 4.47. The quantitative estimate of drug-likeness (QED) is 0.894. The van der Waals surface area contributed by atoms with Gasteiger partial charge < -0.3 is 5.32 Å². The van der Waals surface area contributed by atoms with Gasteiger partial charge in [0.2, 0.25) is 5.91 Å². The highest BCUT2D eigenvalue weighted by molar-refractivity contribution is 5.76. The molecular weight excluding hydrogens is 240 g/mol. The molecule has 1 atom stereocenters. The van der Waals surface area contributed by atoms with E-state index in [1.54, 1.807) is 11.0 Å². The van der Waals surface area contributed by atoms with Gasteiger partial charge in [-0.3, -0.25) is 4.79 Å². The topological polar surface area (TPSA) is 59.8 Å². The molecule has 100 valence electrons. The van der Waals surface area contributed by atoms with Crippen LogP contribution in [0.2, 0.25) is 0 Å². The summed E-state index contributed by atoms with van der Waals surface area (Å²) in [6.07, 6.45) is 4.59. The molecule has 0 aliphatic heterocycles. The van der Waals surface area contributed by atoms with Gasteiger partial charge in [0.25, 0.3) is 0 Å². The summed E-state index contributed by atoms with van der Waals surface area (Å²) in [5.74, 6) is 0.0929. The van der Waals surface area contributed by atoms with Crippen LogP contribution >= 0.6 is 0 Å². The van der Waals surface area contributed by atoms with Crippen LogP contribution < -0.4 is 5.32 Å². The van der Waals surface area contributed by atoms with Gasteiger partial charge in [-0.2, -0.15) is 5.10 Å². The molecule has 1 amide bonds. The molecule has 0 fully saturated rings. The van der Waals surface area contributed by atoms with Gasteiger partial charge in [0.15, 0.2) is 0 Å². The Morgan fingerprint density at radius 1 is 1.37 bits per heavy atom. The van der Waals surface area contributed by atoms with E-state index in [4.69, 9.17) is 0 Å². The van der Waals surface area contributed by atoms with Crippen molar-refractivity contribution in [3.63, 3.8) is 0 Å². The molecule has 2 rings (SSSR count). The molecule has 0 saturated heterocycles. The van der Waals surface area contributed by atoms with E-state index in [1.165, 1.54) is 6.33 Å². The summed E-state index contributed by atoms with van der Waals surface area (Å²) in [5, 5.41) is 7.05. The standard InChI is InChI=1S/C14H18N4O/c1-3-4-14(19)17-11(2)12-5-7-13(8-6-12)18-10-15-9-16-18/h5-11H,3-4H2,1-2H3,(H,17,19)/t11-/m1/s1. The summed E-state index contributed by atoms with van der Waals surface area (Å²) in [7, 11) is 0. The number of amides is 1. The summed E-state index contributed by atoms with van der Waals surface area (Å²) in [6, 6.07) is 7.93. The number of benzene rings is 1. The molecule has 0 aliphatic rings. The van der Waals surface area contributed by atoms with Crippen molar-refractivity contribution >= 4 is 5.91 Å². The zero-order chi connectivity index (χ0) is 13.7. The largest absolute Gasteiger partial charge is 0.350 e. The van der Waals surface area contributed by atoms with Crippen molar-refractivity contribution in [1.29, 1.82) is 0 Å². The van der Waals surface area contributed by atoms with E-state index in [0.717, 1.165) is 17.7 Å². The molecule has 5 heteroatoms. The van der Waals surface area contributed by atoms with Crippen LogP contribution in [0.1, 0.15) is 38.3 Å². The minimum Gasteiger partial charge on any atom is -0.350 e. The molecule has 5 nitrogen and oxygen atoms in total. The lowest BCUT2D eigenvalue weighted by molar-refractivity contribution is -0.121. The van der Waals surface area contributed by atoms with Crippen molar-refractivity contribution < 1.29 is 4.79 Å². The average Bonchev–Trinajstić information content (AvgIpc) is 2.93. The highest BCUT2D eigenvalue weighted by Gasteiger charge is 2.08. The highest BCUT2D eigenvalue weighted by Crippen LogP contribution is 2.15. The fraction of sp³-hybridized carbons (Fsp3) is 0.357. The van der Waals surface area contributed by atoms with E-state index in [0.29, 0.717) is 6.42 Å². The first-order valence-corrected chi connectivity index (χ1v) is 6.45. The van der Waals surface area contributed by atoms with Crippen LogP contribution in [-0.2, 0) is 4.79 Å². The van der Waals surface area contributed by atoms with Gasteiger partial charge in [-0.25, -0.2) is 9.67 Å². The lowest BCUT2D eigenvalue weighted by Gasteiger charge is -2.14. The number of nitrogens with zero attached hydrogens (tertiary/aromatic N) is 3. The molecule has 0 saturated carbocycles. The second kappa shape index (κ2) is 6.13. The Hall–Kier alpha value is -2.17. The first-order chi connectivity index (χ1) is 9.20. The van der Waals surface area contributed by atoms with Crippen LogP contribution in [0.3, 0.4) is 0 Å². The molecule has 0 bridgehead atoms. The molecular formula is C14H18N4O. The average molecular weight is 258 g/mol. The molecule has 0 radical (unpaired) electrons. The molecule has 1 heterocycles. The normalized spacial score (nSPS) is 12.1. The molecule has 0 aliphatic carbocycles. The van der Waals surface area contributed by atoms with Crippen molar-refractivity contribution in [3.05, 3.63) is 42.5 Å². The summed E-state index contributed by atoms with van der Waals surface area (Å²) in [4.78, 5) is 15.5. The van der Waals surface area contributed by atoms with Crippen molar-refractivity contribution in [1.82, 2.24) is 20.1 Å². The van der Waals surface area contributed by atoms with Gasteiger partial charge in [0.05, 0.1) is 11.7 Å². The fourth-order valence-corrected chi connectivity index (χ4v) is 1.88. The van der Waals surface area contributed by atoms with Gasteiger partial charge >= 0.3 is 0 Å². The number of nitrogens with one attached hydrogen (secondary N) is 1. The van der Waals surface area contributed by atoms with Crippen molar-refractivity contribution in [3.8, 4) is 5.69 Å². The summed E-state index contributed by atoms with van der Waals surface area (Å²) < 4.78 is 1.70. The number of hydrogen-bond acceptors (Lipinski definition) is 3. The second-order valence-corrected chi connectivity index (χ2v) is 4.47. The molecule has 19 heavy (non-hydrogen) atoms. The molecule has 1 aromatic carbocycles. The Balaban J connectivity index is 2.04. The van der Waals surface area contributed by atoms with Gasteiger partial charge in [-0.05, 0) is 31.0 Å². The van der Waals surface area contributed by atoms with Crippen LogP contribution in [0.4, 0.5) is 0 Å². The number of rotatable bonds is 5. The van der Waals surface area contributed by atoms with Crippen molar-refractivity contribution in [2.45, 2.75) is 32.7 Å². The maximum Gasteiger partial charge on any atom is 0.220 e. The summed E-state index contributed by atoms with van der Waals surface area (Å²) in [5.41, 5.74) is 2.03. The third-order valence-electron chi connectivity index (χ3n) is 2.93. The van der Waals surface area contributed by atoms with E-state index >= 15 is 0 Å². The van der Waals surface area contributed by atoms with E-state index in [9.17, 15) is 4.79 Å². The van der Waals surface area contributed by atoms with E-state index in [2.05, 4.69) is 15.4 Å². The van der Waals surface area contributed by atoms with Gasteiger partial charge in [-0.1, -0.05) is 19.1 Å². The summed E-state index contributed by atoms with van der Waals surface area (Å²) in [6.45, 7) is 3.98. The van der Waals surface area contributed by atoms with Crippen LogP contribution in [0.25, 0.3) is 5.69 Å². The first kappa shape index (κ1) is 13.3. The smallest absolute Gasteiger partial charge is 0.220 e. The zero-order valence-corrected chi connectivity index (χ0v) is 11.2. The number of carbonyl (C=O) groups excluding carboxylic acids is 1. The van der Waals surface area contributed by atoms with Gasteiger partial charge in [-0.15, -0.1) is 0 Å². The first-order valence-electron chi connectivity index (χ1n) is 6.45. The monoisotopic (exact) mass is 258 g/mol. The number of aromatic nitrogens is 3. The van der Waals surface area contributed by atoms with Crippen LogP contribution in [0, 0.1) is 0 Å². The Kier molecular flexibility index (Phi) is 4.28. The van der Waals surface area contributed by atoms with E-state index < -0.39 is 0 Å². The molecule has 2 aromatic rings. The fourth-order valence-electron chi connectivity index (χ4n) is 1.88. The predicted octanol–water partition coefficient (Wildman–Crippen LogP) is 2.24. The lowest BCUT2D eigenvalue weighted by atomic mass is 10.1. The Labute approximate surface area is 112 Å². The Morgan fingerprint density at radius 2 is 2.11 bits per heavy atom. The van der Waals surface area contributed by atoms with Crippen LogP contribution in [-0.4, -0.2) is 20.7 Å². The van der Waals surface area contributed by atoms with Gasteiger partial charge in [0.1, 0.15) is 12.7 Å². The third-order valence-corrected chi connectivity index (χ3v) is 2.93. The molecule has 0 unspecified atom stereocenters. The maximum absolute atomic E-state index is 11.5. The SMILES string of the molecule is CCCC(=O)N[C@H](C)c1ccc(-n2cncn2)cc1. The summed E-state index contributed by atoms with van der Waals surface area (Å²) >= 11 is 0. The molecule has 1 aromatic heterocycles. The minimum atomic E-state index is 0.0175. The molecule has 1 N–H and O–H groups in total. The minimum absolute atomic E-state index is 0.0175. The maximum atomic E-state index is 11.5. The predicted molar refractivity (Wildman–Crippen MR) is 72.8 cm³/mol. The molecule has 0 spiro atoms. The van der Waals surface area contributed by atoms with Crippen molar-refractivity contribution in [2.24, 2.45) is 0 Å². The van der Waals surface area contributed by atoms with Crippen LogP contribution in [0.5, 0.6) is 0 Å². The van der Waals surface area contributed by atoms with Gasteiger partial charge in [0, 0.05) is 6.42 Å². The Morgan fingerprint density at radius 3 is 2.68 bits per heavy atom. The third kappa shape index (κ3) is 3.40. The van der Waals surface area contributed by atoms with Crippen molar-refractivity contribution in [2.75, 3.05) is 0 Å². The van der Waals surface area contributed by atoms with Crippen LogP contribution in [0.15, 0.2) is 36.9 Å². The lowest BCUT2D eigenvalue weighted by Crippen LogP contribution is -2.26.